The van der Waals surface area contributed by atoms with E-state index < -0.39 is 6.10 Å². The fourth-order valence-electron chi connectivity index (χ4n) is 4.75. The second-order valence-electron chi connectivity index (χ2n) is 9.07. The third-order valence-corrected chi connectivity index (χ3v) is 6.67. The number of nitrogens with zero attached hydrogens (tertiary/aromatic N) is 3. The molecule has 2 atom stereocenters. The van der Waals surface area contributed by atoms with E-state index >= 15 is 0 Å². The average molecular weight is 474 g/mol. The minimum atomic E-state index is -0.498. The van der Waals surface area contributed by atoms with Gasteiger partial charge < -0.3 is 14.4 Å². The Morgan fingerprint density at radius 3 is 2.63 bits per heavy atom. The number of halogens is 1. The van der Waals surface area contributed by atoms with Gasteiger partial charge in [0.15, 0.2) is 0 Å². The molecule has 2 heterocycles. The van der Waals surface area contributed by atoms with E-state index in [9.17, 15) is 14.3 Å². The number of aliphatic hydroxyl groups excluding tert-OH is 1. The van der Waals surface area contributed by atoms with Crippen molar-refractivity contribution in [3.63, 3.8) is 0 Å². The van der Waals surface area contributed by atoms with Gasteiger partial charge in [-0.15, -0.1) is 0 Å². The van der Waals surface area contributed by atoms with Gasteiger partial charge in [0.05, 0.1) is 18.3 Å². The second-order valence-corrected chi connectivity index (χ2v) is 9.07. The Morgan fingerprint density at radius 2 is 1.89 bits per heavy atom. The van der Waals surface area contributed by atoms with Gasteiger partial charge >= 0.3 is 0 Å². The topological polar surface area (TPSA) is 69.3 Å². The number of hydrogen-bond donors (Lipinski definition) is 1. The quantitative estimate of drug-likeness (QED) is 0.423. The normalized spacial score (nSPS) is 17.9. The number of aliphatic hydroxyl groups is 1. The summed E-state index contributed by atoms with van der Waals surface area (Å²) < 4.78 is 24.1. The predicted molar refractivity (Wildman–Crippen MR) is 133 cm³/mol. The molecule has 0 saturated heterocycles. The molecule has 4 aromatic rings. The maximum atomic E-state index is 14.8. The summed E-state index contributed by atoms with van der Waals surface area (Å²) in [6.45, 7) is 0.0570. The van der Waals surface area contributed by atoms with Crippen molar-refractivity contribution < 1.29 is 14.2 Å². The molecule has 5 rings (SSSR count). The van der Waals surface area contributed by atoms with E-state index in [1.165, 1.54) is 6.07 Å². The van der Waals surface area contributed by atoms with Crippen LogP contribution < -0.4 is 10.3 Å². The Bertz CT molecular complexity index is 1390. The molecular formula is C28H28FN3O3. The Labute approximate surface area is 203 Å². The summed E-state index contributed by atoms with van der Waals surface area (Å²) in [6, 6.07) is 15.7. The largest absolute Gasteiger partial charge is 0.488 e. The van der Waals surface area contributed by atoms with Gasteiger partial charge in [-0.2, -0.15) is 5.10 Å². The van der Waals surface area contributed by atoms with Crippen molar-refractivity contribution in [1.29, 1.82) is 0 Å². The molecule has 0 unspecified atom stereocenters. The Morgan fingerprint density at radius 1 is 1.06 bits per heavy atom. The average Bonchev–Trinajstić information content (AvgIpc) is 3.30. The number of ether oxygens (including phenoxy) is 1. The highest BCUT2D eigenvalue weighted by Gasteiger charge is 2.25. The molecular weight excluding hydrogens is 445 g/mol. The van der Waals surface area contributed by atoms with Crippen LogP contribution >= 0.6 is 0 Å². The third-order valence-electron chi connectivity index (χ3n) is 6.67. The van der Waals surface area contributed by atoms with E-state index in [1.54, 1.807) is 33.8 Å². The Balaban J connectivity index is 1.35. The molecule has 180 valence electrons. The van der Waals surface area contributed by atoms with Gasteiger partial charge in [-0.3, -0.25) is 9.48 Å². The fourth-order valence-corrected chi connectivity index (χ4v) is 4.75. The van der Waals surface area contributed by atoms with Crippen LogP contribution in [0.1, 0.15) is 37.3 Å². The number of pyridine rings is 1. The zero-order chi connectivity index (χ0) is 24.4. The molecule has 2 aromatic carbocycles. The lowest BCUT2D eigenvalue weighted by atomic mass is 9.92. The molecule has 1 N–H and O–H groups in total. The van der Waals surface area contributed by atoms with Crippen molar-refractivity contribution in [2.24, 2.45) is 7.05 Å². The molecule has 7 heteroatoms. The molecule has 0 amide bonds. The van der Waals surface area contributed by atoms with Crippen molar-refractivity contribution in [2.45, 2.75) is 44.4 Å². The molecule has 0 aliphatic heterocycles. The van der Waals surface area contributed by atoms with Crippen LogP contribution in [0.5, 0.6) is 5.75 Å². The summed E-state index contributed by atoms with van der Waals surface area (Å²) in [5.74, 6) is 0.218. The van der Waals surface area contributed by atoms with Crippen molar-refractivity contribution in [1.82, 2.24) is 14.3 Å². The van der Waals surface area contributed by atoms with Crippen LogP contribution in [-0.4, -0.2) is 25.6 Å². The first kappa shape index (κ1) is 23.1. The second kappa shape index (κ2) is 9.88. The highest BCUT2D eigenvalue weighted by molar-refractivity contribution is 5.70. The van der Waals surface area contributed by atoms with E-state index in [4.69, 9.17) is 4.74 Å². The predicted octanol–water partition coefficient (Wildman–Crippen LogP) is 5.11. The Kier molecular flexibility index (Phi) is 6.51. The minimum absolute atomic E-state index is 0.0570. The van der Waals surface area contributed by atoms with E-state index in [2.05, 4.69) is 5.10 Å². The molecule has 6 nitrogen and oxygen atoms in total. The molecule has 1 fully saturated rings. The van der Waals surface area contributed by atoms with E-state index in [0.29, 0.717) is 11.3 Å². The number of rotatable bonds is 6. The van der Waals surface area contributed by atoms with Crippen molar-refractivity contribution in [3.8, 4) is 28.0 Å². The van der Waals surface area contributed by atoms with Crippen LogP contribution in [0.4, 0.5) is 4.39 Å². The lowest BCUT2D eigenvalue weighted by Crippen LogP contribution is -2.34. The van der Waals surface area contributed by atoms with E-state index in [1.807, 2.05) is 49.6 Å². The maximum absolute atomic E-state index is 14.8. The minimum Gasteiger partial charge on any atom is -0.488 e. The van der Waals surface area contributed by atoms with E-state index in [-0.39, 0.29) is 24.0 Å². The van der Waals surface area contributed by atoms with Crippen molar-refractivity contribution in [2.75, 3.05) is 0 Å². The first-order chi connectivity index (χ1) is 17.0. The van der Waals surface area contributed by atoms with Crippen LogP contribution in [-0.2, 0) is 13.7 Å². The SMILES string of the molecule is Cn1cc(-c2ccc(COc3ccccc3-c3ccn([C@H]4CCCC[C@@H]4O)c(=O)c3)c(F)c2)cn1. The molecule has 0 radical (unpaired) electrons. The molecule has 2 aromatic heterocycles. The van der Waals surface area contributed by atoms with Gasteiger partial charge in [0.2, 0.25) is 0 Å². The monoisotopic (exact) mass is 473 g/mol. The van der Waals surface area contributed by atoms with Crippen LogP contribution in [0.15, 0.2) is 78.0 Å². The Hall–Kier alpha value is -3.71. The summed E-state index contributed by atoms with van der Waals surface area (Å²) in [6.07, 6.45) is 8.30. The van der Waals surface area contributed by atoms with Gasteiger partial charge in [-0.05, 0) is 42.2 Å². The van der Waals surface area contributed by atoms with Crippen molar-refractivity contribution in [3.05, 3.63) is 94.9 Å². The van der Waals surface area contributed by atoms with E-state index in [0.717, 1.165) is 47.9 Å². The number of benzene rings is 2. The third kappa shape index (κ3) is 4.91. The van der Waals surface area contributed by atoms with Crippen LogP contribution in [0.3, 0.4) is 0 Å². The van der Waals surface area contributed by atoms with Gasteiger partial charge in [-0.1, -0.05) is 43.2 Å². The van der Waals surface area contributed by atoms with Crippen molar-refractivity contribution >= 4 is 0 Å². The maximum Gasteiger partial charge on any atom is 0.251 e. The van der Waals surface area contributed by atoms with Crippen LogP contribution in [0, 0.1) is 5.82 Å². The fraction of sp³-hybridized carbons (Fsp3) is 0.286. The zero-order valence-electron chi connectivity index (χ0n) is 19.6. The summed E-state index contributed by atoms with van der Waals surface area (Å²) in [5, 5.41) is 14.5. The zero-order valence-corrected chi connectivity index (χ0v) is 19.6. The highest BCUT2D eigenvalue weighted by atomic mass is 19.1. The summed E-state index contributed by atoms with van der Waals surface area (Å²) in [4.78, 5) is 12.9. The molecule has 35 heavy (non-hydrogen) atoms. The van der Waals surface area contributed by atoms with Gasteiger partial charge in [-0.25, -0.2) is 4.39 Å². The number of aromatic nitrogens is 3. The number of hydrogen-bond acceptors (Lipinski definition) is 4. The van der Waals surface area contributed by atoms with Crippen LogP contribution in [0.2, 0.25) is 0 Å². The molecule has 0 spiro atoms. The molecule has 1 aliphatic carbocycles. The highest BCUT2D eigenvalue weighted by Crippen LogP contribution is 2.32. The standard InChI is InChI=1S/C28H28FN3O3/c1-31-17-22(16-30-31)19-10-11-21(24(29)14-19)18-35-27-9-5-2-6-23(27)20-12-13-32(28(34)15-20)25-7-3-4-8-26(25)33/h2,5-6,9-17,25-26,33H,3-4,7-8,18H2,1H3/t25-,26-/m0/s1. The first-order valence-electron chi connectivity index (χ1n) is 11.9. The van der Waals surface area contributed by atoms with Gasteiger partial charge in [0, 0.05) is 42.2 Å². The van der Waals surface area contributed by atoms with Gasteiger partial charge in [0.25, 0.3) is 5.56 Å². The summed E-state index contributed by atoms with van der Waals surface area (Å²) >= 11 is 0. The number of aryl methyl sites for hydroxylation is 1. The molecule has 1 saturated carbocycles. The lowest BCUT2D eigenvalue weighted by molar-refractivity contribution is 0.0738. The summed E-state index contributed by atoms with van der Waals surface area (Å²) in [5.41, 5.74) is 3.37. The number of para-hydroxylation sites is 1. The molecule has 0 bridgehead atoms. The summed E-state index contributed by atoms with van der Waals surface area (Å²) in [7, 11) is 1.82. The van der Waals surface area contributed by atoms with Gasteiger partial charge in [0.1, 0.15) is 18.2 Å². The smallest absolute Gasteiger partial charge is 0.251 e. The first-order valence-corrected chi connectivity index (χ1v) is 11.9. The molecule has 1 aliphatic rings. The van der Waals surface area contributed by atoms with Crippen LogP contribution in [0.25, 0.3) is 22.3 Å². The lowest BCUT2D eigenvalue weighted by Gasteiger charge is -2.29.